The van der Waals surface area contributed by atoms with Crippen molar-refractivity contribution >= 4 is 11.1 Å². The van der Waals surface area contributed by atoms with Gasteiger partial charge in [0.2, 0.25) is 0 Å². The number of allylic oxidation sites excluding steroid dienone is 6. The molecule has 1 saturated carbocycles. The van der Waals surface area contributed by atoms with Crippen LogP contribution in [0.2, 0.25) is 0 Å². The second kappa shape index (κ2) is 9.37. The van der Waals surface area contributed by atoms with Crippen LogP contribution in [0.4, 0.5) is 0 Å². The van der Waals surface area contributed by atoms with E-state index < -0.39 is 0 Å². The van der Waals surface area contributed by atoms with Crippen LogP contribution in [0.15, 0.2) is 60.2 Å². The molecule has 1 unspecified atom stereocenters. The van der Waals surface area contributed by atoms with Gasteiger partial charge < -0.3 is 0 Å². The topological polar surface area (TPSA) is 0 Å². The van der Waals surface area contributed by atoms with Gasteiger partial charge in [0, 0.05) is 5.92 Å². The maximum Gasteiger partial charge on any atom is 0.0246 e. The molecule has 0 heteroatoms. The highest BCUT2D eigenvalue weighted by Gasteiger charge is 2.31. The smallest absolute Gasteiger partial charge is 0.0246 e. The fraction of sp³-hybridized carbons (Fsp3) is 0.471. The van der Waals surface area contributed by atoms with E-state index in [4.69, 9.17) is 0 Å². The SMILES string of the molecule is CCc1ccc(C2=CC3C(=CC=C3c3ccc(C4CCCCC4)c(C(C)(C)C)c3)C2)cc1CC. The molecule has 0 aliphatic heterocycles. The van der Waals surface area contributed by atoms with Crippen molar-refractivity contribution in [1.29, 1.82) is 0 Å². The first kappa shape index (κ1) is 23.4. The Kier molecular flexibility index (Phi) is 6.45. The first-order valence-electron chi connectivity index (χ1n) is 13.8. The van der Waals surface area contributed by atoms with Gasteiger partial charge >= 0.3 is 0 Å². The van der Waals surface area contributed by atoms with E-state index in [1.807, 2.05) is 0 Å². The monoisotopic (exact) mass is 450 g/mol. The predicted molar refractivity (Wildman–Crippen MR) is 148 cm³/mol. The van der Waals surface area contributed by atoms with Crippen LogP contribution in [0.25, 0.3) is 11.1 Å². The van der Waals surface area contributed by atoms with E-state index in [1.54, 1.807) is 16.7 Å². The first-order valence-corrected chi connectivity index (χ1v) is 13.8. The van der Waals surface area contributed by atoms with Crippen LogP contribution in [0.1, 0.15) is 112 Å². The van der Waals surface area contributed by atoms with Crippen LogP contribution in [0.3, 0.4) is 0 Å². The van der Waals surface area contributed by atoms with Gasteiger partial charge in [-0.1, -0.05) is 114 Å². The average Bonchev–Trinajstić information content (AvgIpc) is 3.44. The molecule has 0 bridgehead atoms. The lowest BCUT2D eigenvalue weighted by molar-refractivity contribution is 0.435. The number of fused-ring (bicyclic) bond motifs is 1. The van der Waals surface area contributed by atoms with Crippen LogP contribution in [0.5, 0.6) is 0 Å². The molecular weight excluding hydrogens is 408 g/mol. The third-order valence-corrected chi connectivity index (χ3v) is 8.55. The van der Waals surface area contributed by atoms with Gasteiger partial charge in [-0.15, -0.1) is 0 Å². The fourth-order valence-electron chi connectivity index (χ4n) is 6.58. The highest BCUT2D eigenvalue weighted by atomic mass is 14.3. The zero-order valence-corrected chi connectivity index (χ0v) is 22.0. The van der Waals surface area contributed by atoms with E-state index in [0.29, 0.717) is 5.92 Å². The van der Waals surface area contributed by atoms with E-state index in [0.717, 1.165) is 25.2 Å². The fourth-order valence-corrected chi connectivity index (χ4v) is 6.58. The minimum Gasteiger partial charge on any atom is -0.0688 e. The minimum absolute atomic E-state index is 0.173. The zero-order valence-electron chi connectivity index (χ0n) is 22.0. The molecule has 0 N–H and O–H groups in total. The summed E-state index contributed by atoms with van der Waals surface area (Å²) in [6, 6.07) is 14.6. The third kappa shape index (κ3) is 4.37. The first-order chi connectivity index (χ1) is 16.4. The molecule has 34 heavy (non-hydrogen) atoms. The molecule has 2 aromatic rings. The van der Waals surface area contributed by atoms with Crippen LogP contribution in [-0.2, 0) is 18.3 Å². The Morgan fingerprint density at radius 2 is 1.53 bits per heavy atom. The summed E-state index contributed by atoms with van der Waals surface area (Å²) in [6.07, 6.45) is 17.6. The van der Waals surface area contributed by atoms with E-state index in [-0.39, 0.29) is 5.41 Å². The molecular formula is C34H42. The summed E-state index contributed by atoms with van der Waals surface area (Å²) in [5, 5.41) is 0. The molecule has 0 aromatic heterocycles. The molecule has 1 fully saturated rings. The Bertz CT molecular complexity index is 1160. The Hall–Kier alpha value is -2.34. The van der Waals surface area contributed by atoms with Crippen molar-refractivity contribution in [3.8, 4) is 0 Å². The summed E-state index contributed by atoms with van der Waals surface area (Å²) < 4.78 is 0. The lowest BCUT2D eigenvalue weighted by Crippen LogP contribution is -2.18. The van der Waals surface area contributed by atoms with Crippen LogP contribution >= 0.6 is 0 Å². The molecule has 3 aliphatic carbocycles. The van der Waals surface area contributed by atoms with E-state index in [1.165, 1.54) is 65.5 Å². The van der Waals surface area contributed by atoms with E-state index in [9.17, 15) is 0 Å². The predicted octanol–water partition coefficient (Wildman–Crippen LogP) is 9.58. The van der Waals surface area contributed by atoms with Crippen molar-refractivity contribution in [2.45, 2.75) is 97.3 Å². The molecule has 5 rings (SSSR count). The van der Waals surface area contributed by atoms with Gasteiger partial charge in [-0.2, -0.15) is 0 Å². The average molecular weight is 451 g/mol. The van der Waals surface area contributed by atoms with E-state index >= 15 is 0 Å². The standard InChI is InChI=1S/C34H42/c1-6-23-13-14-26(19-24(23)7-2)29-20-27-15-17-30(32(27)21-29)28-16-18-31(25-11-9-8-10-12-25)33(22-28)34(3,4)5/h13-19,21-22,25,32H,6-12,20H2,1-5H3. The molecule has 0 amide bonds. The lowest BCUT2D eigenvalue weighted by Gasteiger charge is -2.30. The lowest BCUT2D eigenvalue weighted by atomic mass is 9.74. The summed E-state index contributed by atoms with van der Waals surface area (Å²) in [7, 11) is 0. The molecule has 178 valence electrons. The number of rotatable bonds is 5. The summed E-state index contributed by atoms with van der Waals surface area (Å²) in [5.74, 6) is 1.19. The Labute approximate surface area is 207 Å². The van der Waals surface area contributed by atoms with Crippen molar-refractivity contribution in [2.75, 3.05) is 0 Å². The largest absolute Gasteiger partial charge is 0.0688 e. The van der Waals surface area contributed by atoms with Crippen LogP contribution in [-0.4, -0.2) is 0 Å². The molecule has 0 spiro atoms. The molecule has 0 heterocycles. The highest BCUT2D eigenvalue weighted by molar-refractivity contribution is 5.85. The van der Waals surface area contributed by atoms with Gasteiger partial charge in [-0.25, -0.2) is 0 Å². The van der Waals surface area contributed by atoms with Gasteiger partial charge in [0.25, 0.3) is 0 Å². The molecule has 1 atom stereocenters. The van der Waals surface area contributed by atoms with Crippen LogP contribution in [0, 0.1) is 5.92 Å². The molecule has 3 aliphatic rings. The van der Waals surface area contributed by atoms with Gasteiger partial charge in [-0.3, -0.25) is 0 Å². The second-order valence-corrected chi connectivity index (χ2v) is 11.8. The number of aryl methyl sites for hydroxylation is 2. The molecule has 0 nitrogen and oxygen atoms in total. The van der Waals surface area contributed by atoms with Crippen molar-refractivity contribution in [1.82, 2.24) is 0 Å². The maximum atomic E-state index is 2.55. The Morgan fingerprint density at radius 1 is 0.794 bits per heavy atom. The Balaban J connectivity index is 1.46. The minimum atomic E-state index is 0.173. The number of hydrogen-bond acceptors (Lipinski definition) is 0. The van der Waals surface area contributed by atoms with Crippen molar-refractivity contribution in [2.24, 2.45) is 5.92 Å². The molecule has 0 radical (unpaired) electrons. The quantitative estimate of drug-likeness (QED) is 0.425. The normalized spacial score (nSPS) is 20.7. The summed E-state index contributed by atoms with van der Waals surface area (Å²) in [6.45, 7) is 11.7. The van der Waals surface area contributed by atoms with Gasteiger partial charge in [0.15, 0.2) is 0 Å². The summed E-state index contributed by atoms with van der Waals surface area (Å²) >= 11 is 0. The van der Waals surface area contributed by atoms with Crippen molar-refractivity contribution < 1.29 is 0 Å². The third-order valence-electron chi connectivity index (χ3n) is 8.55. The van der Waals surface area contributed by atoms with Gasteiger partial charge in [-0.05, 0) is 88.0 Å². The molecule has 2 aromatic carbocycles. The van der Waals surface area contributed by atoms with E-state index in [2.05, 4.69) is 89.2 Å². The molecule has 0 saturated heterocycles. The zero-order chi connectivity index (χ0) is 23.9. The van der Waals surface area contributed by atoms with Crippen LogP contribution < -0.4 is 0 Å². The Morgan fingerprint density at radius 3 is 2.24 bits per heavy atom. The maximum absolute atomic E-state index is 2.55. The van der Waals surface area contributed by atoms with Crippen molar-refractivity contribution in [3.05, 3.63) is 93.6 Å². The summed E-state index contributed by atoms with van der Waals surface area (Å²) in [4.78, 5) is 0. The van der Waals surface area contributed by atoms with Crippen molar-refractivity contribution in [3.63, 3.8) is 0 Å². The van der Waals surface area contributed by atoms with Gasteiger partial charge in [0.05, 0.1) is 0 Å². The highest BCUT2D eigenvalue weighted by Crippen LogP contribution is 2.48. The second-order valence-electron chi connectivity index (χ2n) is 11.8. The van der Waals surface area contributed by atoms with Gasteiger partial charge in [0.1, 0.15) is 0 Å². The number of hydrogen-bond donors (Lipinski definition) is 0. The summed E-state index contributed by atoms with van der Waals surface area (Å²) in [5.41, 5.74) is 13.8. The number of benzene rings is 2.